The molecule has 1 aromatic rings. The highest BCUT2D eigenvalue weighted by molar-refractivity contribution is 5.37. The Morgan fingerprint density at radius 2 is 2.38 bits per heavy atom. The molecular formula is C9H16N4. The molecule has 0 amide bonds. The molecule has 0 radical (unpaired) electrons. The Labute approximate surface area is 78.3 Å². The molecule has 0 saturated heterocycles. The van der Waals surface area contributed by atoms with E-state index in [0.29, 0.717) is 5.54 Å². The minimum Gasteiger partial charge on any atom is -0.364 e. The molecule has 4 heteroatoms. The Balaban J connectivity index is 2.06. The molecule has 2 rings (SSSR count). The molecule has 13 heavy (non-hydrogen) atoms. The largest absolute Gasteiger partial charge is 0.364 e. The first-order chi connectivity index (χ1) is 6.23. The summed E-state index contributed by atoms with van der Waals surface area (Å²) in [5.41, 5.74) is 0.313. The lowest BCUT2D eigenvalue weighted by molar-refractivity contribution is 0.578. The second-order valence-electron chi connectivity index (χ2n) is 4.03. The van der Waals surface area contributed by atoms with Crippen molar-refractivity contribution in [3.05, 3.63) is 6.20 Å². The van der Waals surface area contributed by atoms with Gasteiger partial charge in [0.25, 0.3) is 0 Å². The third-order valence-electron chi connectivity index (χ3n) is 2.48. The number of hydrogen-bond acceptors (Lipinski definition) is 3. The second-order valence-corrected chi connectivity index (χ2v) is 4.03. The zero-order chi connectivity index (χ0) is 9.31. The van der Waals surface area contributed by atoms with E-state index in [-0.39, 0.29) is 0 Å². The van der Waals surface area contributed by atoms with Gasteiger partial charge in [0.05, 0.1) is 6.20 Å². The fourth-order valence-electron chi connectivity index (χ4n) is 1.35. The van der Waals surface area contributed by atoms with Crippen LogP contribution in [0.1, 0.15) is 33.1 Å². The number of anilines is 1. The highest BCUT2D eigenvalue weighted by atomic mass is 15.5. The minimum atomic E-state index is 0.313. The average molecular weight is 180 g/mol. The summed E-state index contributed by atoms with van der Waals surface area (Å²) in [5.74, 6) is 1.06. The van der Waals surface area contributed by atoms with E-state index >= 15 is 0 Å². The maximum Gasteiger partial charge on any atom is 0.145 e. The van der Waals surface area contributed by atoms with E-state index in [1.165, 1.54) is 12.8 Å². The van der Waals surface area contributed by atoms with Gasteiger partial charge in [0.15, 0.2) is 0 Å². The van der Waals surface area contributed by atoms with Crippen molar-refractivity contribution in [1.82, 2.24) is 15.0 Å². The van der Waals surface area contributed by atoms with Crippen LogP contribution in [0.15, 0.2) is 6.20 Å². The van der Waals surface area contributed by atoms with E-state index in [0.717, 1.165) is 18.8 Å². The molecule has 1 fully saturated rings. The van der Waals surface area contributed by atoms with Crippen molar-refractivity contribution >= 4 is 5.82 Å². The van der Waals surface area contributed by atoms with Crippen LogP contribution in [-0.2, 0) is 6.54 Å². The SMILES string of the molecule is CCCn1nncc1NC1(C)CC1. The number of aromatic nitrogens is 3. The normalized spacial score (nSPS) is 18.6. The standard InChI is InChI=1S/C9H16N4/c1-3-6-13-8(7-10-12-13)11-9(2)4-5-9/h7,11H,3-6H2,1-2H3. The van der Waals surface area contributed by atoms with Crippen LogP contribution in [0.2, 0.25) is 0 Å². The van der Waals surface area contributed by atoms with Gasteiger partial charge in [-0.25, -0.2) is 4.68 Å². The van der Waals surface area contributed by atoms with Crippen LogP contribution in [0.4, 0.5) is 5.82 Å². The van der Waals surface area contributed by atoms with Crippen LogP contribution in [0.25, 0.3) is 0 Å². The molecule has 0 aromatic carbocycles. The smallest absolute Gasteiger partial charge is 0.145 e. The molecule has 0 aliphatic heterocycles. The van der Waals surface area contributed by atoms with Gasteiger partial charge in [-0.1, -0.05) is 12.1 Å². The van der Waals surface area contributed by atoms with Crippen molar-refractivity contribution in [3.8, 4) is 0 Å². The molecular weight excluding hydrogens is 164 g/mol. The Morgan fingerprint density at radius 3 is 3.00 bits per heavy atom. The molecule has 1 aliphatic rings. The lowest BCUT2D eigenvalue weighted by atomic mass is 10.3. The number of rotatable bonds is 4. The third kappa shape index (κ3) is 1.82. The summed E-state index contributed by atoms with van der Waals surface area (Å²) in [6.45, 7) is 5.32. The number of nitrogens with zero attached hydrogens (tertiary/aromatic N) is 3. The van der Waals surface area contributed by atoms with Crippen LogP contribution in [0.5, 0.6) is 0 Å². The van der Waals surface area contributed by atoms with Crippen molar-refractivity contribution < 1.29 is 0 Å². The molecule has 4 nitrogen and oxygen atoms in total. The van der Waals surface area contributed by atoms with E-state index in [4.69, 9.17) is 0 Å². The van der Waals surface area contributed by atoms with Gasteiger partial charge in [-0.2, -0.15) is 0 Å². The highest BCUT2D eigenvalue weighted by Crippen LogP contribution is 2.37. The maximum atomic E-state index is 4.02. The summed E-state index contributed by atoms with van der Waals surface area (Å²) >= 11 is 0. The Bertz CT molecular complexity index is 288. The lowest BCUT2D eigenvalue weighted by Gasteiger charge is -2.13. The van der Waals surface area contributed by atoms with Gasteiger partial charge in [0.2, 0.25) is 0 Å². The Hall–Kier alpha value is -1.06. The predicted molar refractivity (Wildman–Crippen MR) is 51.6 cm³/mol. The number of nitrogens with one attached hydrogen (secondary N) is 1. The van der Waals surface area contributed by atoms with Gasteiger partial charge in [-0.05, 0) is 26.2 Å². The molecule has 1 N–H and O–H groups in total. The zero-order valence-electron chi connectivity index (χ0n) is 8.25. The number of hydrogen-bond donors (Lipinski definition) is 1. The maximum absolute atomic E-state index is 4.02. The van der Waals surface area contributed by atoms with E-state index in [2.05, 4.69) is 29.5 Å². The van der Waals surface area contributed by atoms with Gasteiger partial charge in [-0.15, -0.1) is 5.10 Å². The zero-order valence-corrected chi connectivity index (χ0v) is 8.25. The van der Waals surface area contributed by atoms with Crippen LogP contribution in [-0.4, -0.2) is 20.5 Å². The molecule has 0 unspecified atom stereocenters. The van der Waals surface area contributed by atoms with Crippen LogP contribution in [0, 0.1) is 0 Å². The van der Waals surface area contributed by atoms with Crippen molar-refractivity contribution in [2.75, 3.05) is 5.32 Å². The van der Waals surface area contributed by atoms with E-state index in [1.807, 2.05) is 4.68 Å². The van der Waals surface area contributed by atoms with Gasteiger partial charge >= 0.3 is 0 Å². The molecule has 1 aromatic heterocycles. The second kappa shape index (κ2) is 3.01. The molecule has 0 bridgehead atoms. The quantitative estimate of drug-likeness (QED) is 0.766. The van der Waals surface area contributed by atoms with Crippen molar-refractivity contribution in [1.29, 1.82) is 0 Å². The van der Waals surface area contributed by atoms with Crippen molar-refractivity contribution in [2.24, 2.45) is 0 Å². The molecule has 1 heterocycles. The van der Waals surface area contributed by atoms with E-state index in [9.17, 15) is 0 Å². The minimum absolute atomic E-state index is 0.313. The van der Waals surface area contributed by atoms with Gasteiger partial charge < -0.3 is 5.32 Å². The first-order valence-electron chi connectivity index (χ1n) is 4.90. The van der Waals surface area contributed by atoms with Gasteiger partial charge in [0.1, 0.15) is 5.82 Å². The van der Waals surface area contributed by atoms with E-state index < -0.39 is 0 Å². The summed E-state index contributed by atoms with van der Waals surface area (Å²) in [4.78, 5) is 0. The van der Waals surface area contributed by atoms with Crippen molar-refractivity contribution in [3.63, 3.8) is 0 Å². The highest BCUT2D eigenvalue weighted by Gasteiger charge is 2.37. The first kappa shape index (κ1) is 8.53. The Kier molecular flexibility index (Phi) is 1.98. The molecule has 1 aliphatic carbocycles. The van der Waals surface area contributed by atoms with Crippen LogP contribution >= 0.6 is 0 Å². The molecule has 72 valence electrons. The fourth-order valence-corrected chi connectivity index (χ4v) is 1.35. The summed E-state index contributed by atoms with van der Waals surface area (Å²) in [6, 6.07) is 0. The summed E-state index contributed by atoms with van der Waals surface area (Å²) < 4.78 is 1.93. The average Bonchev–Trinajstić information content (AvgIpc) is 2.65. The molecule has 1 saturated carbocycles. The molecule has 0 spiro atoms. The molecule has 0 atom stereocenters. The van der Waals surface area contributed by atoms with Gasteiger partial charge in [-0.3, -0.25) is 0 Å². The van der Waals surface area contributed by atoms with Gasteiger partial charge in [0, 0.05) is 12.1 Å². The third-order valence-corrected chi connectivity index (χ3v) is 2.48. The lowest BCUT2D eigenvalue weighted by Crippen LogP contribution is -2.19. The number of aryl methyl sites for hydroxylation is 1. The Morgan fingerprint density at radius 1 is 1.62 bits per heavy atom. The monoisotopic (exact) mass is 180 g/mol. The predicted octanol–water partition coefficient (Wildman–Crippen LogP) is 1.65. The summed E-state index contributed by atoms with van der Waals surface area (Å²) in [5, 5.41) is 11.4. The van der Waals surface area contributed by atoms with E-state index in [1.54, 1.807) is 6.20 Å². The van der Waals surface area contributed by atoms with Crippen LogP contribution < -0.4 is 5.32 Å². The van der Waals surface area contributed by atoms with Crippen molar-refractivity contribution in [2.45, 2.75) is 45.2 Å². The first-order valence-corrected chi connectivity index (χ1v) is 4.90. The topological polar surface area (TPSA) is 42.7 Å². The summed E-state index contributed by atoms with van der Waals surface area (Å²) in [6.07, 6.45) is 5.41. The van der Waals surface area contributed by atoms with Crippen LogP contribution in [0.3, 0.4) is 0 Å². The summed E-state index contributed by atoms with van der Waals surface area (Å²) in [7, 11) is 0. The fraction of sp³-hybridized carbons (Fsp3) is 0.778.